The topological polar surface area (TPSA) is 72.5 Å². The summed E-state index contributed by atoms with van der Waals surface area (Å²) in [5.41, 5.74) is 1.20. The van der Waals surface area contributed by atoms with Gasteiger partial charge in [0.25, 0.3) is 5.91 Å². The fraction of sp³-hybridized carbons (Fsp3) is 0.240. The van der Waals surface area contributed by atoms with Gasteiger partial charge in [0.15, 0.2) is 6.61 Å². The maximum atomic E-state index is 12.4. The number of ether oxygens (including phenoxy) is 1. The summed E-state index contributed by atoms with van der Waals surface area (Å²) in [5.74, 6) is -0.678. The zero-order valence-electron chi connectivity index (χ0n) is 16.8. The average molecular weight is 403 g/mol. The Bertz CT molecular complexity index is 1010. The van der Waals surface area contributed by atoms with Crippen molar-refractivity contribution < 1.29 is 19.1 Å². The molecule has 0 aliphatic carbocycles. The number of amides is 1. The first-order valence-electron chi connectivity index (χ1n) is 10.1. The normalized spacial score (nSPS) is 10.5. The molecular formula is C25H25NO4. The largest absolute Gasteiger partial charge is 0.457 e. The van der Waals surface area contributed by atoms with Gasteiger partial charge in [-0.2, -0.15) is 0 Å². The molecule has 0 aliphatic rings. The highest BCUT2D eigenvalue weighted by Gasteiger charge is 2.12. The Kier molecular flexibility index (Phi) is 7.72. The third-order valence-corrected chi connectivity index (χ3v) is 4.83. The van der Waals surface area contributed by atoms with Crippen LogP contribution in [0.25, 0.3) is 10.8 Å². The molecule has 0 radical (unpaired) electrons. The van der Waals surface area contributed by atoms with Gasteiger partial charge in [-0.25, -0.2) is 0 Å². The second-order valence-corrected chi connectivity index (χ2v) is 7.04. The van der Waals surface area contributed by atoms with Crippen molar-refractivity contribution in [3.8, 4) is 0 Å². The summed E-state index contributed by atoms with van der Waals surface area (Å²) in [6, 6.07) is 22.2. The van der Waals surface area contributed by atoms with E-state index in [1.165, 1.54) is 0 Å². The van der Waals surface area contributed by atoms with E-state index in [2.05, 4.69) is 5.32 Å². The summed E-state index contributed by atoms with van der Waals surface area (Å²) in [6.07, 6.45) is 2.49. The molecule has 0 bridgehead atoms. The molecule has 0 saturated carbocycles. The van der Waals surface area contributed by atoms with Gasteiger partial charge >= 0.3 is 5.97 Å². The van der Waals surface area contributed by atoms with E-state index in [0.29, 0.717) is 24.1 Å². The average Bonchev–Trinajstić information content (AvgIpc) is 2.79. The first kappa shape index (κ1) is 21.2. The van der Waals surface area contributed by atoms with Crippen molar-refractivity contribution in [2.24, 2.45) is 0 Å². The number of ketones is 1. The Labute approximate surface area is 176 Å². The Morgan fingerprint density at radius 3 is 2.33 bits per heavy atom. The lowest BCUT2D eigenvalue weighted by Gasteiger charge is -2.07. The van der Waals surface area contributed by atoms with Gasteiger partial charge in [-0.05, 0) is 35.7 Å². The van der Waals surface area contributed by atoms with Gasteiger partial charge in [-0.15, -0.1) is 0 Å². The molecule has 1 N–H and O–H groups in total. The van der Waals surface area contributed by atoms with E-state index in [1.807, 2.05) is 54.6 Å². The predicted molar refractivity (Wildman–Crippen MR) is 116 cm³/mol. The van der Waals surface area contributed by atoms with Gasteiger partial charge in [0.2, 0.25) is 5.78 Å². The number of rotatable bonds is 10. The summed E-state index contributed by atoms with van der Waals surface area (Å²) in [4.78, 5) is 36.3. The minimum atomic E-state index is -0.378. The van der Waals surface area contributed by atoms with Crippen LogP contribution in [0.5, 0.6) is 0 Å². The summed E-state index contributed by atoms with van der Waals surface area (Å²) in [5, 5.41) is 4.70. The molecule has 30 heavy (non-hydrogen) atoms. The Hall–Kier alpha value is -3.47. The van der Waals surface area contributed by atoms with E-state index >= 15 is 0 Å². The first-order chi connectivity index (χ1) is 14.6. The number of esters is 1. The zero-order valence-corrected chi connectivity index (χ0v) is 16.8. The molecule has 3 aromatic carbocycles. The molecule has 3 aromatic rings. The Morgan fingerprint density at radius 2 is 1.50 bits per heavy atom. The minimum absolute atomic E-state index is 0.0954. The quantitative estimate of drug-likeness (QED) is 0.306. The van der Waals surface area contributed by atoms with Crippen molar-refractivity contribution in [2.75, 3.05) is 13.2 Å². The molecule has 0 spiro atoms. The molecular weight excluding hydrogens is 378 g/mol. The number of hydrogen-bond acceptors (Lipinski definition) is 4. The number of carbonyl (C=O) groups excluding carboxylic acids is 3. The highest BCUT2D eigenvalue weighted by Crippen LogP contribution is 2.19. The summed E-state index contributed by atoms with van der Waals surface area (Å²) < 4.78 is 5.15. The second kappa shape index (κ2) is 10.9. The van der Waals surface area contributed by atoms with Crippen LogP contribution >= 0.6 is 0 Å². The molecule has 0 fully saturated rings. The lowest BCUT2D eigenvalue weighted by molar-refractivity contribution is -0.142. The van der Waals surface area contributed by atoms with E-state index < -0.39 is 0 Å². The van der Waals surface area contributed by atoms with Crippen LogP contribution in [0.4, 0.5) is 0 Å². The first-order valence-corrected chi connectivity index (χ1v) is 10.1. The predicted octanol–water partition coefficient (Wildman–Crippen LogP) is 4.56. The highest BCUT2D eigenvalue weighted by molar-refractivity contribution is 6.09. The van der Waals surface area contributed by atoms with E-state index in [-0.39, 0.29) is 30.7 Å². The van der Waals surface area contributed by atoms with Gasteiger partial charge in [-0.3, -0.25) is 14.4 Å². The van der Waals surface area contributed by atoms with Crippen LogP contribution in [0.1, 0.15) is 46.4 Å². The van der Waals surface area contributed by atoms with Crippen LogP contribution in [0.15, 0.2) is 72.8 Å². The molecule has 0 saturated heterocycles. The number of Topliss-reactive ketones (excluding diaryl/α,β-unsaturated/α-hetero) is 1. The van der Waals surface area contributed by atoms with Crippen molar-refractivity contribution in [1.29, 1.82) is 0 Å². The molecule has 0 atom stereocenters. The lowest BCUT2D eigenvalue weighted by Crippen LogP contribution is -2.24. The van der Waals surface area contributed by atoms with Gasteiger partial charge in [-0.1, -0.05) is 67.1 Å². The van der Waals surface area contributed by atoms with Gasteiger partial charge in [0.1, 0.15) is 0 Å². The summed E-state index contributed by atoms with van der Waals surface area (Å²) in [6.45, 7) is 0.308. The van der Waals surface area contributed by atoms with E-state index in [9.17, 15) is 14.4 Å². The van der Waals surface area contributed by atoms with Crippen LogP contribution in [-0.4, -0.2) is 30.8 Å². The minimum Gasteiger partial charge on any atom is -0.457 e. The lowest BCUT2D eigenvalue weighted by atomic mass is 10.0. The fourth-order valence-corrected chi connectivity index (χ4v) is 3.23. The number of hydrogen-bond donors (Lipinski definition) is 1. The smallest absolute Gasteiger partial charge is 0.306 e. The molecule has 0 aliphatic heterocycles. The SMILES string of the molecule is O=C(CCCCCNC(=O)c1ccccc1)OCC(=O)c1cccc2ccccc12. The van der Waals surface area contributed by atoms with Crippen LogP contribution in [0.3, 0.4) is 0 Å². The van der Waals surface area contributed by atoms with Crippen LogP contribution < -0.4 is 5.32 Å². The molecule has 0 heterocycles. The molecule has 3 rings (SSSR count). The maximum Gasteiger partial charge on any atom is 0.306 e. The van der Waals surface area contributed by atoms with Gasteiger partial charge < -0.3 is 10.1 Å². The number of nitrogens with one attached hydrogen (secondary N) is 1. The van der Waals surface area contributed by atoms with E-state index in [4.69, 9.17) is 4.74 Å². The van der Waals surface area contributed by atoms with E-state index in [0.717, 1.165) is 23.6 Å². The van der Waals surface area contributed by atoms with Crippen LogP contribution in [0, 0.1) is 0 Å². The van der Waals surface area contributed by atoms with Crippen molar-refractivity contribution in [3.05, 3.63) is 83.9 Å². The Balaban J connectivity index is 1.32. The monoisotopic (exact) mass is 403 g/mol. The number of carbonyl (C=O) groups is 3. The van der Waals surface area contributed by atoms with Gasteiger partial charge in [0, 0.05) is 24.1 Å². The maximum absolute atomic E-state index is 12.4. The second-order valence-electron chi connectivity index (χ2n) is 7.04. The van der Waals surface area contributed by atoms with Crippen molar-refractivity contribution >= 4 is 28.4 Å². The third kappa shape index (κ3) is 6.01. The molecule has 0 aromatic heterocycles. The molecule has 0 unspecified atom stereocenters. The standard InChI is InChI=1S/C25H25NO4/c27-23(22-15-9-13-19-10-6-7-14-21(19)22)18-30-24(28)16-5-2-8-17-26-25(29)20-11-3-1-4-12-20/h1,3-4,6-7,9-15H,2,5,8,16-18H2,(H,26,29). The molecule has 5 heteroatoms. The van der Waals surface area contributed by atoms with E-state index in [1.54, 1.807) is 18.2 Å². The number of benzene rings is 3. The molecule has 1 amide bonds. The summed E-state index contributed by atoms with van der Waals surface area (Å²) >= 11 is 0. The number of fused-ring (bicyclic) bond motifs is 1. The zero-order chi connectivity index (χ0) is 21.2. The summed E-state index contributed by atoms with van der Waals surface area (Å²) in [7, 11) is 0. The van der Waals surface area contributed by atoms with Crippen LogP contribution in [-0.2, 0) is 9.53 Å². The van der Waals surface area contributed by atoms with Crippen LogP contribution in [0.2, 0.25) is 0 Å². The third-order valence-electron chi connectivity index (χ3n) is 4.83. The van der Waals surface area contributed by atoms with Crippen molar-refractivity contribution in [2.45, 2.75) is 25.7 Å². The Morgan fingerprint density at radius 1 is 0.767 bits per heavy atom. The molecule has 5 nitrogen and oxygen atoms in total. The number of unbranched alkanes of at least 4 members (excludes halogenated alkanes) is 2. The van der Waals surface area contributed by atoms with Crippen molar-refractivity contribution in [3.63, 3.8) is 0 Å². The van der Waals surface area contributed by atoms with Crippen molar-refractivity contribution in [1.82, 2.24) is 5.32 Å². The molecule has 154 valence electrons. The fourth-order valence-electron chi connectivity index (χ4n) is 3.23. The highest BCUT2D eigenvalue weighted by atomic mass is 16.5. The van der Waals surface area contributed by atoms with Gasteiger partial charge in [0.05, 0.1) is 0 Å².